The van der Waals surface area contributed by atoms with Gasteiger partial charge in [-0.3, -0.25) is 0 Å². The standard InChI is InChI=1S/C9H12.CH4O/c1-8-4-3-5-9(2)7-6-8;1-2/h4-7H,3H2,1-2H3;2H,1H3. The van der Waals surface area contributed by atoms with E-state index in [1.807, 2.05) is 0 Å². The number of hydrogen-bond donors (Lipinski definition) is 1. The molecule has 0 aromatic rings. The van der Waals surface area contributed by atoms with Gasteiger partial charge in [-0.05, 0) is 20.3 Å². The maximum absolute atomic E-state index is 7.00. The fourth-order valence-electron chi connectivity index (χ4n) is 0.830. The second kappa shape index (κ2) is 5.93. The highest BCUT2D eigenvalue weighted by Crippen LogP contribution is 2.08. The summed E-state index contributed by atoms with van der Waals surface area (Å²) in [7, 11) is 1.00. The minimum Gasteiger partial charge on any atom is -0.400 e. The van der Waals surface area contributed by atoms with E-state index in [4.69, 9.17) is 5.11 Å². The van der Waals surface area contributed by atoms with Crippen LogP contribution >= 0.6 is 0 Å². The molecule has 0 fully saturated rings. The van der Waals surface area contributed by atoms with Gasteiger partial charge in [0.25, 0.3) is 0 Å². The Morgan fingerprint density at radius 1 is 1.00 bits per heavy atom. The van der Waals surface area contributed by atoms with Crippen LogP contribution in [0.5, 0.6) is 0 Å². The van der Waals surface area contributed by atoms with Gasteiger partial charge in [0.2, 0.25) is 0 Å². The zero-order valence-corrected chi connectivity index (χ0v) is 7.46. The predicted octanol–water partition coefficient (Wildman–Crippen LogP) is 2.45. The van der Waals surface area contributed by atoms with Crippen molar-refractivity contribution in [3.05, 3.63) is 35.5 Å². The molecule has 11 heavy (non-hydrogen) atoms. The van der Waals surface area contributed by atoms with Crippen LogP contribution in [0.4, 0.5) is 0 Å². The Labute approximate surface area is 68.7 Å². The number of rotatable bonds is 0. The molecule has 0 aromatic heterocycles. The normalized spacial score (nSPS) is 15.6. The molecule has 0 unspecified atom stereocenters. The highest BCUT2D eigenvalue weighted by molar-refractivity contribution is 5.29. The smallest absolute Gasteiger partial charge is 0.0319 e. The molecule has 1 heteroatoms. The second-order valence-electron chi connectivity index (χ2n) is 2.47. The fraction of sp³-hybridized carbons (Fsp3) is 0.400. The van der Waals surface area contributed by atoms with Crippen LogP contribution in [0.3, 0.4) is 0 Å². The van der Waals surface area contributed by atoms with Crippen molar-refractivity contribution in [2.45, 2.75) is 20.3 Å². The van der Waals surface area contributed by atoms with E-state index in [0.717, 1.165) is 13.5 Å². The number of aliphatic hydroxyl groups excluding tert-OH is 1. The first-order valence-corrected chi connectivity index (χ1v) is 3.75. The molecule has 62 valence electrons. The molecule has 0 saturated carbocycles. The molecule has 0 atom stereocenters. The molecular formula is C10H16O. The lowest BCUT2D eigenvalue weighted by atomic mass is 10.2. The first kappa shape index (κ1) is 10.2. The van der Waals surface area contributed by atoms with Gasteiger partial charge < -0.3 is 5.11 Å². The maximum atomic E-state index is 7.00. The first-order valence-electron chi connectivity index (χ1n) is 3.75. The molecule has 1 rings (SSSR count). The summed E-state index contributed by atoms with van der Waals surface area (Å²) in [5.41, 5.74) is 2.73. The Morgan fingerprint density at radius 2 is 1.36 bits per heavy atom. The molecular weight excluding hydrogens is 136 g/mol. The van der Waals surface area contributed by atoms with Crippen molar-refractivity contribution >= 4 is 0 Å². The SMILES string of the molecule is CC1=CCC=C(C)C=C1.CO. The Hall–Kier alpha value is -0.820. The monoisotopic (exact) mass is 152 g/mol. The minimum atomic E-state index is 1.00. The average molecular weight is 152 g/mol. The zero-order chi connectivity index (χ0) is 8.69. The summed E-state index contributed by atoms with van der Waals surface area (Å²) in [6.45, 7) is 4.26. The quantitative estimate of drug-likeness (QED) is 0.565. The van der Waals surface area contributed by atoms with E-state index in [1.165, 1.54) is 11.1 Å². The van der Waals surface area contributed by atoms with Gasteiger partial charge in [0.05, 0.1) is 0 Å². The molecule has 1 nitrogen and oxygen atoms in total. The highest BCUT2D eigenvalue weighted by atomic mass is 16.2. The Morgan fingerprint density at radius 3 is 1.73 bits per heavy atom. The number of hydrogen-bond acceptors (Lipinski definition) is 1. The van der Waals surface area contributed by atoms with Crippen molar-refractivity contribution in [3.8, 4) is 0 Å². The van der Waals surface area contributed by atoms with Gasteiger partial charge in [0.15, 0.2) is 0 Å². The molecule has 0 aromatic carbocycles. The van der Waals surface area contributed by atoms with Crippen LogP contribution in [0.1, 0.15) is 20.3 Å². The van der Waals surface area contributed by atoms with Gasteiger partial charge >= 0.3 is 0 Å². The van der Waals surface area contributed by atoms with Crippen LogP contribution in [0.2, 0.25) is 0 Å². The van der Waals surface area contributed by atoms with E-state index in [-0.39, 0.29) is 0 Å². The summed E-state index contributed by atoms with van der Waals surface area (Å²) in [6, 6.07) is 0. The van der Waals surface area contributed by atoms with E-state index in [9.17, 15) is 0 Å². The van der Waals surface area contributed by atoms with Crippen LogP contribution in [-0.2, 0) is 0 Å². The van der Waals surface area contributed by atoms with E-state index in [2.05, 4.69) is 38.2 Å². The fourth-order valence-corrected chi connectivity index (χ4v) is 0.830. The lowest BCUT2D eigenvalue weighted by Gasteiger charge is -1.83. The van der Waals surface area contributed by atoms with Crippen molar-refractivity contribution in [1.29, 1.82) is 0 Å². The first-order chi connectivity index (χ1) is 5.29. The maximum Gasteiger partial charge on any atom is 0.0319 e. The number of allylic oxidation sites excluding steroid dienone is 6. The van der Waals surface area contributed by atoms with E-state index < -0.39 is 0 Å². The number of aliphatic hydroxyl groups is 1. The van der Waals surface area contributed by atoms with Crippen molar-refractivity contribution in [1.82, 2.24) is 0 Å². The van der Waals surface area contributed by atoms with Gasteiger partial charge in [-0.1, -0.05) is 35.5 Å². The molecule has 0 amide bonds. The third kappa shape index (κ3) is 4.57. The molecule has 0 bridgehead atoms. The Balaban J connectivity index is 0.000000461. The third-order valence-corrected chi connectivity index (χ3v) is 1.49. The second-order valence-corrected chi connectivity index (χ2v) is 2.47. The van der Waals surface area contributed by atoms with Crippen LogP contribution in [0, 0.1) is 0 Å². The summed E-state index contributed by atoms with van der Waals surface area (Å²) in [5.74, 6) is 0. The lowest BCUT2D eigenvalue weighted by Crippen LogP contribution is -1.62. The van der Waals surface area contributed by atoms with E-state index in [1.54, 1.807) is 0 Å². The van der Waals surface area contributed by atoms with Crippen LogP contribution in [0.25, 0.3) is 0 Å². The molecule has 1 aliphatic carbocycles. The summed E-state index contributed by atoms with van der Waals surface area (Å²) in [6.07, 6.45) is 9.85. The Bertz CT molecular complexity index is 165. The predicted molar refractivity (Wildman–Crippen MR) is 49.4 cm³/mol. The van der Waals surface area contributed by atoms with Crippen LogP contribution < -0.4 is 0 Å². The van der Waals surface area contributed by atoms with E-state index >= 15 is 0 Å². The molecule has 0 heterocycles. The topological polar surface area (TPSA) is 20.2 Å². The summed E-state index contributed by atoms with van der Waals surface area (Å²) in [5, 5.41) is 7.00. The van der Waals surface area contributed by atoms with Crippen molar-refractivity contribution in [2.75, 3.05) is 7.11 Å². The van der Waals surface area contributed by atoms with E-state index in [0.29, 0.717) is 0 Å². The third-order valence-electron chi connectivity index (χ3n) is 1.49. The molecule has 0 radical (unpaired) electrons. The average Bonchev–Trinajstić information content (AvgIpc) is 2.20. The minimum absolute atomic E-state index is 1.00. The van der Waals surface area contributed by atoms with Gasteiger partial charge in [0, 0.05) is 7.11 Å². The lowest BCUT2D eigenvalue weighted by molar-refractivity contribution is 0.399. The Kier molecular flexibility index (Phi) is 5.49. The van der Waals surface area contributed by atoms with Crippen LogP contribution in [-0.4, -0.2) is 12.2 Å². The van der Waals surface area contributed by atoms with Gasteiger partial charge in [-0.25, -0.2) is 0 Å². The van der Waals surface area contributed by atoms with Gasteiger partial charge in [0.1, 0.15) is 0 Å². The summed E-state index contributed by atoms with van der Waals surface area (Å²) in [4.78, 5) is 0. The highest BCUT2D eigenvalue weighted by Gasteiger charge is 1.87. The van der Waals surface area contributed by atoms with Crippen molar-refractivity contribution in [3.63, 3.8) is 0 Å². The molecule has 0 saturated heterocycles. The summed E-state index contributed by atoms with van der Waals surface area (Å²) >= 11 is 0. The molecule has 0 aliphatic heterocycles. The van der Waals surface area contributed by atoms with Crippen LogP contribution in [0.15, 0.2) is 35.5 Å². The van der Waals surface area contributed by atoms with Gasteiger partial charge in [-0.2, -0.15) is 0 Å². The summed E-state index contributed by atoms with van der Waals surface area (Å²) < 4.78 is 0. The van der Waals surface area contributed by atoms with Crippen molar-refractivity contribution < 1.29 is 5.11 Å². The van der Waals surface area contributed by atoms with Crippen molar-refractivity contribution in [2.24, 2.45) is 0 Å². The molecule has 0 spiro atoms. The molecule has 1 N–H and O–H groups in total. The zero-order valence-electron chi connectivity index (χ0n) is 7.46. The molecule has 1 aliphatic rings. The van der Waals surface area contributed by atoms with Gasteiger partial charge in [-0.15, -0.1) is 0 Å². The largest absolute Gasteiger partial charge is 0.400 e.